The number of para-hydroxylation sites is 1. The third-order valence-electron chi connectivity index (χ3n) is 3.45. The van der Waals surface area contributed by atoms with Crippen molar-refractivity contribution in [2.24, 2.45) is 5.92 Å². The fraction of sp³-hybridized carbons (Fsp3) is 0.533. The van der Waals surface area contributed by atoms with E-state index in [1.807, 2.05) is 29.7 Å². The van der Waals surface area contributed by atoms with Gasteiger partial charge in [0, 0.05) is 7.11 Å². The molecule has 0 saturated heterocycles. The average molecular weight is 277 g/mol. The van der Waals surface area contributed by atoms with Crippen molar-refractivity contribution in [3.63, 3.8) is 0 Å². The SMILES string of the molecule is CCOc1cccc2c1nc(N)n2C(COC)C(C)C. The molecule has 110 valence electrons. The van der Waals surface area contributed by atoms with Gasteiger partial charge < -0.3 is 19.8 Å². The van der Waals surface area contributed by atoms with Crippen LogP contribution in [0.1, 0.15) is 26.8 Å². The number of benzene rings is 1. The van der Waals surface area contributed by atoms with Crippen molar-refractivity contribution in [1.82, 2.24) is 9.55 Å². The van der Waals surface area contributed by atoms with Crippen molar-refractivity contribution < 1.29 is 9.47 Å². The lowest BCUT2D eigenvalue weighted by Gasteiger charge is -2.23. The molecule has 1 atom stereocenters. The number of anilines is 1. The summed E-state index contributed by atoms with van der Waals surface area (Å²) in [6.07, 6.45) is 0. The number of ether oxygens (including phenoxy) is 2. The molecule has 5 heteroatoms. The number of nitrogens with zero attached hydrogens (tertiary/aromatic N) is 2. The van der Waals surface area contributed by atoms with Crippen molar-refractivity contribution in [3.05, 3.63) is 18.2 Å². The first-order chi connectivity index (χ1) is 9.60. The summed E-state index contributed by atoms with van der Waals surface area (Å²) in [5.74, 6) is 1.67. The summed E-state index contributed by atoms with van der Waals surface area (Å²) in [6, 6.07) is 6.06. The second-order valence-corrected chi connectivity index (χ2v) is 5.16. The van der Waals surface area contributed by atoms with Crippen LogP contribution in [0.5, 0.6) is 5.75 Å². The van der Waals surface area contributed by atoms with Crippen molar-refractivity contribution in [2.45, 2.75) is 26.8 Å². The fourth-order valence-electron chi connectivity index (χ4n) is 2.47. The Balaban J connectivity index is 2.58. The molecule has 2 aromatic rings. The molecule has 2 rings (SSSR count). The summed E-state index contributed by atoms with van der Waals surface area (Å²) >= 11 is 0. The molecule has 1 aromatic heterocycles. The Bertz CT molecular complexity index is 578. The summed E-state index contributed by atoms with van der Waals surface area (Å²) < 4.78 is 13.0. The Labute approximate surface area is 119 Å². The smallest absolute Gasteiger partial charge is 0.201 e. The van der Waals surface area contributed by atoms with Gasteiger partial charge in [0.1, 0.15) is 11.3 Å². The van der Waals surface area contributed by atoms with E-state index in [-0.39, 0.29) is 6.04 Å². The van der Waals surface area contributed by atoms with Crippen molar-refractivity contribution in [1.29, 1.82) is 0 Å². The molecule has 0 saturated carbocycles. The fourth-order valence-corrected chi connectivity index (χ4v) is 2.47. The van der Waals surface area contributed by atoms with Gasteiger partial charge >= 0.3 is 0 Å². The maximum atomic E-state index is 6.13. The predicted molar refractivity (Wildman–Crippen MR) is 81.1 cm³/mol. The van der Waals surface area contributed by atoms with Gasteiger partial charge in [-0.2, -0.15) is 0 Å². The lowest BCUT2D eigenvalue weighted by molar-refractivity contribution is 0.136. The number of nitrogen functional groups attached to an aromatic ring is 1. The normalized spacial score (nSPS) is 13.1. The van der Waals surface area contributed by atoms with Crippen LogP contribution in [0.15, 0.2) is 18.2 Å². The molecule has 5 nitrogen and oxygen atoms in total. The van der Waals surface area contributed by atoms with E-state index in [1.165, 1.54) is 0 Å². The van der Waals surface area contributed by atoms with Gasteiger partial charge in [-0.15, -0.1) is 0 Å². The van der Waals surface area contributed by atoms with E-state index in [0.717, 1.165) is 16.8 Å². The van der Waals surface area contributed by atoms with E-state index in [0.29, 0.717) is 25.1 Å². The van der Waals surface area contributed by atoms with Crippen LogP contribution < -0.4 is 10.5 Å². The standard InChI is InChI=1S/C15H23N3O2/c1-5-20-13-8-6-7-11-14(13)17-15(16)18(11)12(9-19-4)10(2)3/h6-8,10,12H,5,9H2,1-4H3,(H2,16,17). The zero-order valence-electron chi connectivity index (χ0n) is 12.6. The number of hydrogen-bond donors (Lipinski definition) is 1. The zero-order valence-corrected chi connectivity index (χ0v) is 12.6. The topological polar surface area (TPSA) is 62.3 Å². The molecule has 0 radical (unpaired) electrons. The number of rotatable bonds is 6. The van der Waals surface area contributed by atoms with E-state index < -0.39 is 0 Å². The van der Waals surface area contributed by atoms with Crippen LogP contribution >= 0.6 is 0 Å². The molecule has 1 unspecified atom stereocenters. The molecule has 0 fully saturated rings. The Hall–Kier alpha value is -1.75. The van der Waals surface area contributed by atoms with Gasteiger partial charge in [0.25, 0.3) is 0 Å². The van der Waals surface area contributed by atoms with Crippen LogP contribution in [0, 0.1) is 5.92 Å². The third-order valence-corrected chi connectivity index (χ3v) is 3.45. The minimum absolute atomic E-state index is 0.155. The highest BCUT2D eigenvalue weighted by Gasteiger charge is 2.22. The first kappa shape index (κ1) is 14.7. The molecule has 0 aliphatic carbocycles. The van der Waals surface area contributed by atoms with Crippen LogP contribution in [0.3, 0.4) is 0 Å². The Kier molecular flexibility index (Phi) is 4.49. The van der Waals surface area contributed by atoms with Crippen molar-refractivity contribution >= 4 is 17.0 Å². The summed E-state index contributed by atoms with van der Waals surface area (Å²) in [6.45, 7) is 7.48. The number of hydrogen-bond acceptors (Lipinski definition) is 4. The molecule has 0 bridgehead atoms. The van der Waals surface area contributed by atoms with Crippen LogP contribution in [0.25, 0.3) is 11.0 Å². The number of fused-ring (bicyclic) bond motifs is 1. The van der Waals surface area contributed by atoms with E-state index >= 15 is 0 Å². The molecule has 1 heterocycles. The Morgan fingerprint density at radius 2 is 2.10 bits per heavy atom. The third kappa shape index (κ3) is 2.58. The van der Waals surface area contributed by atoms with Gasteiger partial charge in [0.2, 0.25) is 5.95 Å². The summed E-state index contributed by atoms with van der Waals surface area (Å²) in [5, 5.41) is 0. The van der Waals surface area contributed by atoms with Crippen molar-refractivity contribution in [2.75, 3.05) is 26.1 Å². The molecule has 0 amide bonds. The van der Waals surface area contributed by atoms with Gasteiger partial charge in [-0.05, 0) is 25.0 Å². The maximum absolute atomic E-state index is 6.13. The van der Waals surface area contributed by atoms with E-state index in [4.69, 9.17) is 15.2 Å². The molecule has 20 heavy (non-hydrogen) atoms. The van der Waals surface area contributed by atoms with Gasteiger partial charge in [0.05, 0.1) is 24.8 Å². The summed E-state index contributed by atoms with van der Waals surface area (Å²) in [5.41, 5.74) is 7.93. The van der Waals surface area contributed by atoms with Crippen LogP contribution in [0.2, 0.25) is 0 Å². The Morgan fingerprint density at radius 3 is 2.70 bits per heavy atom. The number of nitrogens with two attached hydrogens (primary N) is 1. The van der Waals surface area contributed by atoms with E-state index in [1.54, 1.807) is 7.11 Å². The molecule has 0 spiro atoms. The van der Waals surface area contributed by atoms with Crippen LogP contribution in [0.4, 0.5) is 5.95 Å². The van der Waals surface area contributed by atoms with Gasteiger partial charge in [-0.1, -0.05) is 19.9 Å². The minimum Gasteiger partial charge on any atom is -0.492 e. The van der Waals surface area contributed by atoms with E-state index in [9.17, 15) is 0 Å². The molecule has 0 aliphatic heterocycles. The summed E-state index contributed by atoms with van der Waals surface area (Å²) in [4.78, 5) is 4.48. The van der Waals surface area contributed by atoms with E-state index in [2.05, 4.69) is 18.8 Å². The maximum Gasteiger partial charge on any atom is 0.201 e. The monoisotopic (exact) mass is 277 g/mol. The second kappa shape index (κ2) is 6.13. The number of aromatic nitrogens is 2. The molecule has 2 N–H and O–H groups in total. The second-order valence-electron chi connectivity index (χ2n) is 5.16. The molecule has 0 aliphatic rings. The zero-order chi connectivity index (χ0) is 14.7. The highest BCUT2D eigenvalue weighted by atomic mass is 16.5. The Morgan fingerprint density at radius 1 is 1.35 bits per heavy atom. The first-order valence-electron chi connectivity index (χ1n) is 6.98. The highest BCUT2D eigenvalue weighted by Crippen LogP contribution is 2.32. The van der Waals surface area contributed by atoms with Gasteiger partial charge in [0.15, 0.2) is 0 Å². The summed E-state index contributed by atoms with van der Waals surface area (Å²) in [7, 11) is 1.70. The predicted octanol–water partition coefficient (Wildman–Crippen LogP) is 2.86. The van der Waals surface area contributed by atoms with Crippen molar-refractivity contribution in [3.8, 4) is 5.75 Å². The number of imidazole rings is 1. The first-order valence-corrected chi connectivity index (χ1v) is 6.98. The molecule has 1 aromatic carbocycles. The quantitative estimate of drug-likeness (QED) is 0.882. The molecular weight excluding hydrogens is 254 g/mol. The number of methoxy groups -OCH3 is 1. The lowest BCUT2D eigenvalue weighted by atomic mass is 10.0. The minimum atomic E-state index is 0.155. The van der Waals surface area contributed by atoms with Gasteiger partial charge in [-0.25, -0.2) is 4.98 Å². The lowest BCUT2D eigenvalue weighted by Crippen LogP contribution is -2.21. The largest absolute Gasteiger partial charge is 0.492 e. The van der Waals surface area contributed by atoms with Crippen LogP contribution in [-0.4, -0.2) is 29.9 Å². The highest BCUT2D eigenvalue weighted by molar-refractivity contribution is 5.84. The van der Waals surface area contributed by atoms with Crippen LogP contribution in [-0.2, 0) is 4.74 Å². The average Bonchev–Trinajstić information content (AvgIpc) is 2.73. The molecular formula is C15H23N3O2. The van der Waals surface area contributed by atoms with Gasteiger partial charge in [-0.3, -0.25) is 0 Å².